The molecule has 5 heteroatoms. The topological polar surface area (TPSA) is 12.5 Å². The van der Waals surface area contributed by atoms with E-state index in [0.717, 1.165) is 31.6 Å². The van der Waals surface area contributed by atoms with Gasteiger partial charge in [0.2, 0.25) is 0 Å². The molecule has 106 valence electrons. The Balaban J connectivity index is 1.94. The summed E-state index contributed by atoms with van der Waals surface area (Å²) in [6.45, 7) is 6.06. The summed E-state index contributed by atoms with van der Waals surface area (Å²) < 4.78 is 43.0. The molecule has 1 unspecified atom stereocenters. The van der Waals surface area contributed by atoms with Gasteiger partial charge in [0, 0.05) is 19.1 Å². The van der Waals surface area contributed by atoms with Crippen molar-refractivity contribution in [3.63, 3.8) is 0 Å². The number of rotatable bonds is 3. The summed E-state index contributed by atoms with van der Waals surface area (Å²) in [5.41, 5.74) is -0.643. The summed E-state index contributed by atoms with van der Waals surface area (Å²) in [6.07, 6.45) is -3.31. The molecule has 1 fully saturated rings. The van der Waals surface area contributed by atoms with Gasteiger partial charge in [-0.1, -0.05) is 0 Å². The minimum atomic E-state index is -4.29. The van der Waals surface area contributed by atoms with Gasteiger partial charge in [0.15, 0.2) is 0 Å². The summed E-state index contributed by atoms with van der Waals surface area (Å²) in [7, 11) is 0. The van der Waals surface area contributed by atoms with Crippen molar-refractivity contribution in [2.24, 2.45) is 0 Å². The van der Waals surface area contributed by atoms with Crippen molar-refractivity contribution in [1.82, 2.24) is 4.90 Å². The Labute approximate surface area is 111 Å². The minimum absolute atomic E-state index is 0.0686. The van der Waals surface area contributed by atoms with Crippen LogP contribution in [0.15, 0.2) is 24.3 Å². The number of hydrogen-bond acceptors (Lipinski definition) is 2. The van der Waals surface area contributed by atoms with Crippen molar-refractivity contribution in [2.45, 2.75) is 38.6 Å². The second kappa shape index (κ2) is 5.41. The maximum absolute atomic E-state index is 12.4. The quantitative estimate of drug-likeness (QED) is 0.834. The normalized spacial score (nSPS) is 21.1. The molecule has 1 aliphatic heterocycles. The lowest BCUT2D eigenvalue weighted by atomic mass is 10.2. The number of hydrogen-bond donors (Lipinski definition) is 0. The molecule has 1 aromatic rings. The van der Waals surface area contributed by atoms with Gasteiger partial charge in [0.25, 0.3) is 0 Å². The first kappa shape index (κ1) is 14.2. The second-order valence-corrected chi connectivity index (χ2v) is 5.14. The number of ether oxygens (including phenoxy) is 1. The average Bonchev–Trinajstić information content (AvgIpc) is 2.77. The highest BCUT2D eigenvalue weighted by Crippen LogP contribution is 2.30. The van der Waals surface area contributed by atoms with Crippen LogP contribution in [-0.4, -0.2) is 30.1 Å². The highest BCUT2D eigenvalue weighted by molar-refractivity contribution is 5.29. The molecule has 2 rings (SSSR count). The standard InChI is InChI=1S/C14H18F3NO/c1-10(2)18-8-7-13(9-18)19-12-5-3-11(4-6-12)14(15,16)17/h3-6,10,13H,7-9H2,1-2H3. The second-order valence-electron chi connectivity index (χ2n) is 5.14. The number of alkyl halides is 3. The fourth-order valence-corrected chi connectivity index (χ4v) is 2.23. The molecule has 1 aromatic carbocycles. The fraction of sp³-hybridized carbons (Fsp3) is 0.571. The number of halogens is 3. The van der Waals surface area contributed by atoms with Crippen LogP contribution in [0.25, 0.3) is 0 Å². The van der Waals surface area contributed by atoms with E-state index in [0.29, 0.717) is 11.8 Å². The predicted octanol–water partition coefficient (Wildman–Crippen LogP) is 3.57. The molecule has 0 bridgehead atoms. The molecule has 1 saturated heterocycles. The Hall–Kier alpha value is -1.23. The Morgan fingerprint density at radius 1 is 1.21 bits per heavy atom. The predicted molar refractivity (Wildman–Crippen MR) is 67.2 cm³/mol. The van der Waals surface area contributed by atoms with Gasteiger partial charge in [-0.05, 0) is 44.5 Å². The fourth-order valence-electron chi connectivity index (χ4n) is 2.23. The highest BCUT2D eigenvalue weighted by Gasteiger charge is 2.30. The zero-order valence-electron chi connectivity index (χ0n) is 11.1. The van der Waals surface area contributed by atoms with Gasteiger partial charge >= 0.3 is 6.18 Å². The van der Waals surface area contributed by atoms with E-state index in [1.807, 2.05) is 0 Å². The molecule has 0 N–H and O–H groups in total. The van der Waals surface area contributed by atoms with E-state index in [1.54, 1.807) is 0 Å². The molecule has 0 radical (unpaired) electrons. The average molecular weight is 273 g/mol. The highest BCUT2D eigenvalue weighted by atomic mass is 19.4. The van der Waals surface area contributed by atoms with Crippen LogP contribution in [0, 0.1) is 0 Å². The first-order chi connectivity index (χ1) is 8.86. The van der Waals surface area contributed by atoms with E-state index >= 15 is 0 Å². The molecule has 1 aliphatic rings. The number of nitrogens with zero attached hydrogens (tertiary/aromatic N) is 1. The van der Waals surface area contributed by atoms with Crippen LogP contribution in [0.3, 0.4) is 0 Å². The summed E-state index contributed by atoms with van der Waals surface area (Å²) in [5.74, 6) is 0.503. The molecule has 0 amide bonds. The van der Waals surface area contributed by atoms with Crippen LogP contribution < -0.4 is 4.74 Å². The summed E-state index contributed by atoms with van der Waals surface area (Å²) >= 11 is 0. The molecule has 1 atom stereocenters. The van der Waals surface area contributed by atoms with Crippen molar-refractivity contribution < 1.29 is 17.9 Å². The molecule has 1 heterocycles. The van der Waals surface area contributed by atoms with Crippen LogP contribution in [0.1, 0.15) is 25.8 Å². The Kier molecular flexibility index (Phi) is 4.04. The smallest absolute Gasteiger partial charge is 0.416 e. The van der Waals surface area contributed by atoms with E-state index in [4.69, 9.17) is 4.74 Å². The van der Waals surface area contributed by atoms with Gasteiger partial charge in [-0.25, -0.2) is 0 Å². The van der Waals surface area contributed by atoms with Crippen LogP contribution in [0.5, 0.6) is 5.75 Å². The Bertz CT molecular complexity index is 414. The van der Waals surface area contributed by atoms with Crippen molar-refractivity contribution in [3.05, 3.63) is 29.8 Å². The van der Waals surface area contributed by atoms with Crippen molar-refractivity contribution in [1.29, 1.82) is 0 Å². The third-order valence-corrected chi connectivity index (χ3v) is 3.39. The van der Waals surface area contributed by atoms with Gasteiger partial charge < -0.3 is 4.74 Å². The number of likely N-dealkylation sites (tertiary alicyclic amines) is 1. The largest absolute Gasteiger partial charge is 0.489 e. The van der Waals surface area contributed by atoms with Crippen LogP contribution >= 0.6 is 0 Å². The molecule has 19 heavy (non-hydrogen) atoms. The van der Waals surface area contributed by atoms with Gasteiger partial charge in [-0.3, -0.25) is 4.90 Å². The van der Waals surface area contributed by atoms with Crippen molar-refractivity contribution in [3.8, 4) is 5.75 Å². The summed E-state index contributed by atoms with van der Waals surface area (Å²) in [4.78, 5) is 2.30. The van der Waals surface area contributed by atoms with E-state index in [-0.39, 0.29) is 6.10 Å². The van der Waals surface area contributed by atoms with Gasteiger partial charge in [-0.15, -0.1) is 0 Å². The van der Waals surface area contributed by atoms with Gasteiger partial charge in [0.05, 0.1) is 5.56 Å². The summed E-state index contributed by atoms with van der Waals surface area (Å²) in [5, 5.41) is 0. The van der Waals surface area contributed by atoms with Gasteiger partial charge in [-0.2, -0.15) is 13.2 Å². The van der Waals surface area contributed by atoms with Crippen molar-refractivity contribution in [2.75, 3.05) is 13.1 Å². The third-order valence-electron chi connectivity index (χ3n) is 3.39. The van der Waals surface area contributed by atoms with Crippen LogP contribution in [0.4, 0.5) is 13.2 Å². The maximum atomic E-state index is 12.4. The molecule has 0 aromatic heterocycles. The lowest BCUT2D eigenvalue weighted by molar-refractivity contribution is -0.137. The van der Waals surface area contributed by atoms with E-state index < -0.39 is 11.7 Å². The molecule has 0 spiro atoms. The first-order valence-electron chi connectivity index (χ1n) is 6.44. The lowest BCUT2D eigenvalue weighted by Gasteiger charge is -2.20. The maximum Gasteiger partial charge on any atom is 0.416 e. The SMILES string of the molecule is CC(C)N1CCC(Oc2ccc(C(F)(F)F)cc2)C1. The summed E-state index contributed by atoms with van der Waals surface area (Å²) in [6, 6.07) is 5.37. The molecule has 2 nitrogen and oxygen atoms in total. The van der Waals surface area contributed by atoms with E-state index in [2.05, 4.69) is 18.7 Å². The monoisotopic (exact) mass is 273 g/mol. The third kappa shape index (κ3) is 3.62. The minimum Gasteiger partial charge on any atom is -0.489 e. The van der Waals surface area contributed by atoms with Gasteiger partial charge in [0.1, 0.15) is 11.9 Å². The van der Waals surface area contributed by atoms with Crippen LogP contribution in [-0.2, 0) is 6.18 Å². The molecule has 0 saturated carbocycles. The van der Waals surface area contributed by atoms with Crippen molar-refractivity contribution >= 4 is 0 Å². The zero-order valence-corrected chi connectivity index (χ0v) is 11.1. The first-order valence-corrected chi connectivity index (χ1v) is 6.44. The Morgan fingerprint density at radius 3 is 2.32 bits per heavy atom. The number of benzene rings is 1. The molecule has 0 aliphatic carbocycles. The molecular formula is C14H18F3NO. The Morgan fingerprint density at radius 2 is 1.84 bits per heavy atom. The van der Waals surface area contributed by atoms with E-state index in [1.165, 1.54) is 12.1 Å². The van der Waals surface area contributed by atoms with E-state index in [9.17, 15) is 13.2 Å². The van der Waals surface area contributed by atoms with Crippen LogP contribution in [0.2, 0.25) is 0 Å². The molecular weight excluding hydrogens is 255 g/mol. The zero-order chi connectivity index (χ0) is 14.0. The lowest BCUT2D eigenvalue weighted by Crippen LogP contribution is -2.30.